The van der Waals surface area contributed by atoms with Crippen LogP contribution < -0.4 is 0 Å². The van der Waals surface area contributed by atoms with Crippen LogP contribution >= 0.6 is 0 Å². The molecule has 1 saturated heterocycles. The Bertz CT molecular complexity index is 600. The quantitative estimate of drug-likeness (QED) is 0.787. The Kier molecular flexibility index (Phi) is 3.21. The van der Waals surface area contributed by atoms with Gasteiger partial charge < -0.3 is 9.14 Å². The highest BCUT2D eigenvalue weighted by atomic mass is 16.5. The predicted octanol–water partition coefficient (Wildman–Crippen LogP) is 1.72. The van der Waals surface area contributed by atoms with Crippen LogP contribution in [0.15, 0.2) is 24.5 Å². The summed E-state index contributed by atoms with van der Waals surface area (Å²) in [7, 11) is 1.39. The highest BCUT2D eigenvalue weighted by Crippen LogP contribution is 2.14. The number of hydrogen-bond donors (Lipinski definition) is 0. The lowest BCUT2D eigenvalue weighted by molar-refractivity contribution is 0.0600. The van der Waals surface area contributed by atoms with E-state index in [1.54, 1.807) is 12.3 Å². The molecular formula is C14H17N3O2. The molecule has 100 valence electrons. The Morgan fingerprint density at radius 2 is 2.11 bits per heavy atom. The summed E-state index contributed by atoms with van der Waals surface area (Å²) in [6.07, 6.45) is 6.31. The first-order valence-electron chi connectivity index (χ1n) is 6.54. The number of hydrogen-bond acceptors (Lipinski definition) is 4. The third-order valence-electron chi connectivity index (χ3n) is 3.51. The van der Waals surface area contributed by atoms with Gasteiger partial charge >= 0.3 is 5.97 Å². The molecule has 1 aliphatic heterocycles. The summed E-state index contributed by atoms with van der Waals surface area (Å²) in [6, 6.07) is 3.59. The number of ether oxygens (including phenoxy) is 1. The summed E-state index contributed by atoms with van der Waals surface area (Å²) < 4.78 is 6.61. The minimum Gasteiger partial charge on any atom is -0.465 e. The maximum atomic E-state index is 11.5. The third-order valence-corrected chi connectivity index (χ3v) is 3.51. The Balaban J connectivity index is 1.85. The summed E-state index contributed by atoms with van der Waals surface area (Å²) in [5.41, 5.74) is 2.45. The fourth-order valence-electron chi connectivity index (χ4n) is 2.53. The van der Waals surface area contributed by atoms with Crippen molar-refractivity contribution in [1.29, 1.82) is 0 Å². The van der Waals surface area contributed by atoms with Gasteiger partial charge in [0.1, 0.15) is 5.65 Å². The summed E-state index contributed by atoms with van der Waals surface area (Å²) in [5, 5.41) is 0. The van der Waals surface area contributed by atoms with Gasteiger partial charge in [-0.15, -0.1) is 0 Å². The Morgan fingerprint density at radius 3 is 2.84 bits per heavy atom. The topological polar surface area (TPSA) is 46.8 Å². The molecule has 3 rings (SSSR count). The van der Waals surface area contributed by atoms with Gasteiger partial charge in [0.25, 0.3) is 0 Å². The van der Waals surface area contributed by atoms with Crippen LogP contribution in [-0.4, -0.2) is 40.5 Å². The average molecular weight is 259 g/mol. The largest absolute Gasteiger partial charge is 0.465 e. The Morgan fingerprint density at radius 1 is 1.32 bits per heavy atom. The van der Waals surface area contributed by atoms with E-state index in [1.807, 2.05) is 16.7 Å². The maximum absolute atomic E-state index is 11.5. The lowest BCUT2D eigenvalue weighted by Crippen LogP contribution is -2.18. The third kappa shape index (κ3) is 2.46. The van der Waals surface area contributed by atoms with Crippen LogP contribution in [0.4, 0.5) is 0 Å². The fourth-order valence-corrected chi connectivity index (χ4v) is 2.53. The molecule has 0 aromatic carbocycles. The Labute approximate surface area is 111 Å². The lowest BCUT2D eigenvalue weighted by Gasteiger charge is -2.11. The molecule has 5 nitrogen and oxygen atoms in total. The van der Waals surface area contributed by atoms with E-state index in [0.717, 1.165) is 31.0 Å². The van der Waals surface area contributed by atoms with E-state index in [9.17, 15) is 4.79 Å². The second-order valence-corrected chi connectivity index (χ2v) is 4.89. The molecule has 1 aliphatic rings. The molecule has 0 unspecified atom stereocenters. The van der Waals surface area contributed by atoms with Gasteiger partial charge in [0.05, 0.1) is 18.4 Å². The van der Waals surface area contributed by atoms with Crippen molar-refractivity contribution in [3.8, 4) is 0 Å². The Hall–Kier alpha value is -1.88. The van der Waals surface area contributed by atoms with Gasteiger partial charge in [-0.3, -0.25) is 4.90 Å². The monoisotopic (exact) mass is 259 g/mol. The molecule has 19 heavy (non-hydrogen) atoms. The second-order valence-electron chi connectivity index (χ2n) is 4.89. The molecule has 3 heterocycles. The molecule has 2 aromatic heterocycles. The SMILES string of the molecule is COC(=O)c1ccc2nc(CN3CCCC3)cn2c1. The first kappa shape index (κ1) is 12.2. The highest BCUT2D eigenvalue weighted by Gasteiger charge is 2.14. The number of carbonyl (C=O) groups is 1. The van der Waals surface area contributed by atoms with Crippen molar-refractivity contribution in [2.45, 2.75) is 19.4 Å². The number of imidazole rings is 1. The van der Waals surface area contributed by atoms with E-state index < -0.39 is 0 Å². The summed E-state index contributed by atoms with van der Waals surface area (Å²) >= 11 is 0. The first-order chi connectivity index (χ1) is 9.26. The zero-order valence-electron chi connectivity index (χ0n) is 11.0. The number of aromatic nitrogens is 2. The summed E-state index contributed by atoms with van der Waals surface area (Å²) in [5.74, 6) is -0.323. The minimum absolute atomic E-state index is 0.323. The van der Waals surface area contributed by atoms with Gasteiger partial charge in [0, 0.05) is 18.9 Å². The molecule has 0 atom stereocenters. The maximum Gasteiger partial charge on any atom is 0.339 e. The normalized spacial score (nSPS) is 16.1. The van der Waals surface area contributed by atoms with Crippen molar-refractivity contribution < 1.29 is 9.53 Å². The number of pyridine rings is 1. The minimum atomic E-state index is -0.323. The number of likely N-dealkylation sites (tertiary alicyclic amines) is 1. The number of methoxy groups -OCH3 is 1. The number of nitrogens with zero attached hydrogens (tertiary/aromatic N) is 3. The van der Waals surface area contributed by atoms with E-state index in [4.69, 9.17) is 4.74 Å². The number of fused-ring (bicyclic) bond motifs is 1. The van der Waals surface area contributed by atoms with E-state index in [1.165, 1.54) is 20.0 Å². The van der Waals surface area contributed by atoms with E-state index in [0.29, 0.717) is 5.56 Å². The van der Waals surface area contributed by atoms with E-state index in [-0.39, 0.29) is 5.97 Å². The number of esters is 1. The highest BCUT2D eigenvalue weighted by molar-refractivity contribution is 5.89. The molecule has 0 spiro atoms. The van der Waals surface area contributed by atoms with Gasteiger partial charge in [-0.1, -0.05) is 0 Å². The summed E-state index contributed by atoms with van der Waals surface area (Å²) in [6.45, 7) is 3.19. The molecule has 5 heteroatoms. The van der Waals surface area contributed by atoms with Crippen LogP contribution in [0.5, 0.6) is 0 Å². The number of rotatable bonds is 3. The van der Waals surface area contributed by atoms with Crippen LogP contribution in [-0.2, 0) is 11.3 Å². The van der Waals surface area contributed by atoms with Gasteiger partial charge in [-0.25, -0.2) is 9.78 Å². The zero-order valence-corrected chi connectivity index (χ0v) is 11.0. The van der Waals surface area contributed by atoms with Crippen molar-refractivity contribution in [2.24, 2.45) is 0 Å². The van der Waals surface area contributed by atoms with Gasteiger partial charge in [0.15, 0.2) is 0 Å². The second kappa shape index (κ2) is 5.01. The molecule has 0 aliphatic carbocycles. The van der Waals surface area contributed by atoms with E-state index >= 15 is 0 Å². The van der Waals surface area contributed by atoms with Gasteiger partial charge in [-0.2, -0.15) is 0 Å². The van der Waals surface area contributed by atoms with Crippen LogP contribution in [0.3, 0.4) is 0 Å². The fraction of sp³-hybridized carbons (Fsp3) is 0.429. The zero-order chi connectivity index (χ0) is 13.2. The number of carbonyl (C=O) groups excluding carboxylic acids is 1. The molecular weight excluding hydrogens is 242 g/mol. The van der Waals surface area contributed by atoms with Crippen LogP contribution in [0.2, 0.25) is 0 Å². The van der Waals surface area contributed by atoms with Crippen molar-refractivity contribution >= 4 is 11.6 Å². The van der Waals surface area contributed by atoms with Gasteiger partial charge in [0.2, 0.25) is 0 Å². The first-order valence-corrected chi connectivity index (χ1v) is 6.54. The summed E-state index contributed by atoms with van der Waals surface area (Å²) in [4.78, 5) is 18.5. The molecule has 0 radical (unpaired) electrons. The molecule has 0 N–H and O–H groups in total. The van der Waals surface area contributed by atoms with Crippen molar-refractivity contribution in [2.75, 3.05) is 20.2 Å². The smallest absolute Gasteiger partial charge is 0.339 e. The van der Waals surface area contributed by atoms with Gasteiger partial charge in [-0.05, 0) is 38.1 Å². The van der Waals surface area contributed by atoms with Crippen LogP contribution in [0, 0.1) is 0 Å². The van der Waals surface area contributed by atoms with E-state index in [2.05, 4.69) is 9.88 Å². The average Bonchev–Trinajstić information content (AvgIpc) is 3.05. The molecule has 0 saturated carbocycles. The lowest BCUT2D eigenvalue weighted by atomic mass is 10.3. The van der Waals surface area contributed by atoms with Crippen LogP contribution in [0.25, 0.3) is 5.65 Å². The van der Waals surface area contributed by atoms with Crippen molar-refractivity contribution in [1.82, 2.24) is 14.3 Å². The molecule has 1 fully saturated rings. The molecule has 2 aromatic rings. The predicted molar refractivity (Wildman–Crippen MR) is 71.0 cm³/mol. The standard InChI is InChI=1S/C14H17N3O2/c1-19-14(18)11-4-5-13-15-12(10-17(13)8-11)9-16-6-2-3-7-16/h4-5,8,10H,2-3,6-7,9H2,1H3. The van der Waals surface area contributed by atoms with Crippen molar-refractivity contribution in [3.63, 3.8) is 0 Å². The molecule has 0 bridgehead atoms. The molecule has 0 amide bonds. The van der Waals surface area contributed by atoms with Crippen molar-refractivity contribution in [3.05, 3.63) is 35.8 Å². The van der Waals surface area contributed by atoms with Crippen LogP contribution in [0.1, 0.15) is 28.9 Å².